The Bertz CT molecular complexity index is 942. The summed E-state index contributed by atoms with van der Waals surface area (Å²) in [5.41, 5.74) is 0. The quantitative estimate of drug-likeness (QED) is 0.0596. The van der Waals surface area contributed by atoms with Gasteiger partial charge in [0.2, 0.25) is 12.3 Å². The van der Waals surface area contributed by atoms with Crippen molar-refractivity contribution in [1.82, 2.24) is 20.4 Å². The number of Topliss-reactive ketones (excluding diaryl/α,β-unsaturated/α-hetero) is 1. The second kappa shape index (κ2) is 16.9. The number of ketones is 1. The van der Waals surface area contributed by atoms with Crippen LogP contribution in [0.4, 0.5) is 13.6 Å². The number of aliphatic hydroxyl groups excluding tert-OH is 4. The predicted octanol–water partition coefficient (Wildman–Crippen LogP) is -3.89. The van der Waals surface area contributed by atoms with Crippen molar-refractivity contribution in [3.05, 3.63) is 0 Å². The molecule has 19 heteroatoms. The number of carbonyl (C=O) groups is 3. The third kappa shape index (κ3) is 10.7. The summed E-state index contributed by atoms with van der Waals surface area (Å²) in [7, 11) is 1.20. The molecule has 0 radical (unpaired) electrons. The molecule has 0 aliphatic carbocycles. The van der Waals surface area contributed by atoms with Crippen molar-refractivity contribution < 1.29 is 74.2 Å². The zero-order chi connectivity index (χ0) is 35.0. The highest BCUT2D eigenvalue weighted by Crippen LogP contribution is 2.28. The summed E-state index contributed by atoms with van der Waals surface area (Å²) < 4.78 is 25.5. The second-order valence-corrected chi connectivity index (χ2v) is 10.9. The molecule has 7 unspecified atom stereocenters. The lowest BCUT2D eigenvalue weighted by molar-refractivity contribution is -0.463. The first-order valence-corrected chi connectivity index (χ1v) is 13.8. The van der Waals surface area contributed by atoms with E-state index >= 15 is 0 Å². The molecule has 0 aliphatic heterocycles. The lowest BCUT2D eigenvalue weighted by Gasteiger charge is -2.47. The van der Waals surface area contributed by atoms with Crippen molar-refractivity contribution in [3.8, 4) is 0 Å². The first-order chi connectivity index (χ1) is 19.9. The van der Waals surface area contributed by atoms with Gasteiger partial charge in [0, 0.05) is 38.0 Å². The molecule has 17 nitrogen and oxygen atoms in total. The van der Waals surface area contributed by atoms with E-state index in [1.54, 1.807) is 0 Å². The normalized spacial score (nSPS) is 17.7. The molecule has 0 aromatic carbocycles. The Morgan fingerprint density at radius 1 is 0.955 bits per heavy atom. The Morgan fingerprint density at radius 3 is 1.86 bits per heavy atom. The van der Waals surface area contributed by atoms with Crippen molar-refractivity contribution in [2.24, 2.45) is 11.8 Å². The molecule has 0 spiro atoms. The molecule has 12 N–H and O–H groups in total. The molecule has 0 aromatic heterocycles. The van der Waals surface area contributed by atoms with Crippen LogP contribution in [-0.4, -0.2) is 153 Å². The smallest absolute Gasteiger partial charge is 0.326 e. The fourth-order valence-electron chi connectivity index (χ4n) is 4.59. The van der Waals surface area contributed by atoms with Gasteiger partial charge in [0.15, 0.2) is 0 Å². The van der Waals surface area contributed by atoms with E-state index in [4.69, 9.17) is 0 Å². The van der Waals surface area contributed by atoms with Crippen LogP contribution >= 0.6 is 0 Å². The topological polar surface area (TPSA) is 284 Å². The molecule has 0 bridgehead atoms. The van der Waals surface area contributed by atoms with Gasteiger partial charge in [-0.05, 0) is 26.7 Å². The highest BCUT2D eigenvalue weighted by Gasteiger charge is 2.60. The van der Waals surface area contributed by atoms with E-state index < -0.39 is 109 Å². The zero-order valence-electron chi connectivity index (χ0n) is 25.5. The number of urea groups is 1. The van der Waals surface area contributed by atoms with Crippen molar-refractivity contribution in [1.29, 1.82) is 0 Å². The lowest BCUT2D eigenvalue weighted by atomic mass is 9.87. The fraction of sp³-hybridized carbons (Fsp3) is 0.880. The number of hydrogen-bond donors (Lipinski definition) is 12. The number of hydrogen-bond acceptors (Lipinski definition) is 14. The summed E-state index contributed by atoms with van der Waals surface area (Å²) in [5.74, 6) is -16.7. The Labute approximate surface area is 253 Å². The molecule has 0 saturated carbocycles. The molecule has 7 atom stereocenters. The Kier molecular flexibility index (Phi) is 16.1. The summed E-state index contributed by atoms with van der Waals surface area (Å²) in [6, 6.07) is -4.45. The molecule has 0 aliphatic rings. The molecule has 260 valence electrons. The van der Waals surface area contributed by atoms with E-state index in [2.05, 4.69) is 5.32 Å². The van der Waals surface area contributed by atoms with Gasteiger partial charge in [0.05, 0.1) is 31.2 Å². The largest absolute Gasteiger partial charge is 0.396 e. The van der Waals surface area contributed by atoms with E-state index in [0.29, 0.717) is 6.92 Å². The number of rotatable bonds is 19. The first kappa shape index (κ1) is 41.8. The lowest BCUT2D eigenvalue weighted by Crippen LogP contribution is -2.77. The number of alkyl halides is 2. The monoisotopic (exact) mass is 650 g/mol. The molecule has 3 amide bonds. The molecule has 0 rings (SSSR count). The van der Waals surface area contributed by atoms with E-state index in [1.807, 2.05) is 5.32 Å². The Balaban J connectivity index is 6.29. The number of aliphatic hydroxyl groups is 10. The minimum atomic E-state index is -4.19. The summed E-state index contributed by atoms with van der Waals surface area (Å²) >= 11 is 0. The van der Waals surface area contributed by atoms with Crippen LogP contribution in [0.15, 0.2) is 0 Å². The van der Waals surface area contributed by atoms with Gasteiger partial charge >= 0.3 is 17.9 Å². The van der Waals surface area contributed by atoms with E-state index in [-0.39, 0.29) is 12.8 Å². The third-order valence-electron chi connectivity index (χ3n) is 7.56. The van der Waals surface area contributed by atoms with Crippen molar-refractivity contribution in [3.63, 3.8) is 0 Å². The summed E-state index contributed by atoms with van der Waals surface area (Å²) in [4.78, 5) is 37.6. The standard InChI is InChI=1S/C25H48F2N4O13/c1-7-16(29-24(41,42)25(43,44)31(15(5)35)23(39,40)11-33)8-18(12(2)21(37)14(4)34)28-22(38)30(6)13(3)17(10-32)19(36)9-20(26)27/h12-14,16-18,20-21,29,32-34,37,39-44H,7-11H2,1-6H3,(H,28,38). The number of halogens is 2. The molecule has 0 fully saturated rings. The second-order valence-electron chi connectivity index (χ2n) is 10.9. The first-order valence-electron chi connectivity index (χ1n) is 13.8. The number of nitrogens with zero attached hydrogens (tertiary/aromatic N) is 2. The van der Waals surface area contributed by atoms with Gasteiger partial charge < -0.3 is 61.3 Å². The van der Waals surface area contributed by atoms with Gasteiger partial charge in [-0.2, -0.15) is 0 Å². The van der Waals surface area contributed by atoms with Crippen LogP contribution in [0, 0.1) is 11.8 Å². The van der Waals surface area contributed by atoms with Gasteiger partial charge in [0.1, 0.15) is 12.4 Å². The van der Waals surface area contributed by atoms with Crippen molar-refractivity contribution >= 4 is 17.7 Å². The zero-order valence-corrected chi connectivity index (χ0v) is 25.5. The number of nitrogens with one attached hydrogen (secondary N) is 2. The summed E-state index contributed by atoms with van der Waals surface area (Å²) in [6.07, 6.45) is -7.39. The molecule has 0 aromatic rings. The van der Waals surface area contributed by atoms with Gasteiger partial charge in [-0.3, -0.25) is 14.9 Å². The van der Waals surface area contributed by atoms with Crippen LogP contribution in [-0.2, 0) is 9.59 Å². The maximum atomic E-state index is 13.2. The van der Waals surface area contributed by atoms with Gasteiger partial charge in [-0.15, -0.1) is 0 Å². The Hall–Kier alpha value is -2.17. The van der Waals surface area contributed by atoms with E-state index in [9.17, 15) is 74.2 Å². The molecular formula is C25H48F2N4O13. The number of carbonyl (C=O) groups excluding carboxylic acids is 3. The fourth-order valence-corrected chi connectivity index (χ4v) is 4.59. The van der Waals surface area contributed by atoms with Crippen LogP contribution in [0.1, 0.15) is 53.9 Å². The highest BCUT2D eigenvalue weighted by atomic mass is 19.3. The molecule has 0 heterocycles. The maximum absolute atomic E-state index is 13.2. The van der Waals surface area contributed by atoms with Gasteiger partial charge in [-0.1, -0.05) is 13.8 Å². The SMILES string of the molecule is CCC(CC(NC(=O)N(C)C(C)C(CO)C(=O)CC(F)F)C(C)C(O)C(C)O)NC(O)(O)C(O)(O)N(C(C)=O)C(O)(O)CO. The van der Waals surface area contributed by atoms with Crippen LogP contribution in [0.3, 0.4) is 0 Å². The van der Waals surface area contributed by atoms with E-state index in [1.165, 1.54) is 34.7 Å². The van der Waals surface area contributed by atoms with Gasteiger partial charge in [-0.25, -0.2) is 18.5 Å². The number of amides is 3. The summed E-state index contributed by atoms with van der Waals surface area (Å²) in [6.45, 7) is 3.51. The van der Waals surface area contributed by atoms with Crippen molar-refractivity contribution in [2.75, 3.05) is 20.3 Å². The average molecular weight is 651 g/mol. The minimum Gasteiger partial charge on any atom is -0.396 e. The van der Waals surface area contributed by atoms with Crippen LogP contribution in [0.2, 0.25) is 0 Å². The molecular weight excluding hydrogens is 602 g/mol. The van der Waals surface area contributed by atoms with Crippen LogP contribution < -0.4 is 10.6 Å². The maximum Gasteiger partial charge on any atom is 0.326 e. The molecule has 44 heavy (non-hydrogen) atoms. The predicted molar refractivity (Wildman–Crippen MR) is 146 cm³/mol. The molecule has 0 saturated heterocycles. The summed E-state index contributed by atoms with van der Waals surface area (Å²) in [5, 5.41) is 106. The minimum absolute atomic E-state index is 0.0762. The highest BCUT2D eigenvalue weighted by molar-refractivity contribution is 5.83. The Morgan fingerprint density at radius 2 is 1.48 bits per heavy atom. The third-order valence-corrected chi connectivity index (χ3v) is 7.56. The average Bonchev–Trinajstić information content (AvgIpc) is 2.89. The van der Waals surface area contributed by atoms with Gasteiger partial charge in [0.25, 0.3) is 5.91 Å². The van der Waals surface area contributed by atoms with Crippen LogP contribution in [0.25, 0.3) is 0 Å². The van der Waals surface area contributed by atoms with Crippen LogP contribution in [0.5, 0.6) is 0 Å². The van der Waals surface area contributed by atoms with E-state index in [0.717, 1.165) is 4.90 Å². The van der Waals surface area contributed by atoms with Crippen molar-refractivity contribution in [2.45, 2.75) is 108 Å².